The fraction of sp³-hybridized carbons (Fsp3) is 0.414. The molecule has 3 heterocycles. The van der Waals surface area contributed by atoms with Gasteiger partial charge in [0, 0.05) is 44.6 Å². The Morgan fingerprint density at radius 2 is 1.76 bits per heavy atom. The molecule has 0 aliphatic carbocycles. The Morgan fingerprint density at radius 3 is 2.50 bits per heavy atom. The molecule has 1 saturated heterocycles. The second-order valence-corrected chi connectivity index (χ2v) is 10.0. The number of esters is 1. The minimum Gasteiger partial charge on any atom is -0.466 e. The van der Waals surface area contributed by atoms with Gasteiger partial charge in [-0.15, -0.1) is 0 Å². The lowest BCUT2D eigenvalue weighted by molar-refractivity contribution is -0.145. The van der Waals surface area contributed by atoms with Crippen molar-refractivity contribution >= 4 is 39.6 Å². The lowest BCUT2D eigenvalue weighted by atomic mass is 10.0. The second kappa shape index (κ2) is 11.2. The Balaban J connectivity index is 1.43. The molecule has 1 fully saturated rings. The van der Waals surface area contributed by atoms with Crippen molar-refractivity contribution in [2.45, 2.75) is 40.0 Å². The summed E-state index contributed by atoms with van der Waals surface area (Å²) < 4.78 is 10.7. The van der Waals surface area contributed by atoms with Gasteiger partial charge in [0.25, 0.3) is 5.71 Å². The molecule has 5 rings (SSSR count). The van der Waals surface area contributed by atoms with E-state index < -0.39 is 0 Å². The highest BCUT2D eigenvalue weighted by molar-refractivity contribution is 6.00. The number of benzene rings is 2. The van der Waals surface area contributed by atoms with E-state index in [-0.39, 0.29) is 24.7 Å². The van der Waals surface area contributed by atoms with E-state index in [1.54, 1.807) is 11.8 Å². The number of carbonyl (C=O) groups excluding carboxylic acids is 2. The number of ether oxygens (including phenoxy) is 1. The first-order valence-electron chi connectivity index (χ1n) is 13.3. The van der Waals surface area contributed by atoms with Crippen LogP contribution in [0.2, 0.25) is 0 Å². The standard InChI is InChI=1S/C29H33N5O4/c1-4-37-25(36)12-11-24(35)33-13-15-34(16-14-33)28-26-27(22-10-9-20-7-5-6-8-21(20)18-22)32-38-29(26)31-23(30-28)17-19(2)3/h5-10,18-19H,4,11-17H2,1-3H3. The smallest absolute Gasteiger partial charge is 0.306 e. The minimum atomic E-state index is -0.339. The zero-order chi connectivity index (χ0) is 26.6. The van der Waals surface area contributed by atoms with Crippen molar-refractivity contribution in [1.29, 1.82) is 0 Å². The van der Waals surface area contributed by atoms with Gasteiger partial charge in [0.05, 0.1) is 13.0 Å². The second-order valence-electron chi connectivity index (χ2n) is 10.0. The van der Waals surface area contributed by atoms with Crippen LogP contribution in [0, 0.1) is 5.92 Å². The number of anilines is 1. The summed E-state index contributed by atoms with van der Waals surface area (Å²) >= 11 is 0. The first kappa shape index (κ1) is 25.6. The van der Waals surface area contributed by atoms with Crippen LogP contribution in [0.25, 0.3) is 33.1 Å². The number of aromatic nitrogens is 3. The van der Waals surface area contributed by atoms with E-state index >= 15 is 0 Å². The summed E-state index contributed by atoms with van der Waals surface area (Å²) in [5.74, 6) is 1.52. The zero-order valence-corrected chi connectivity index (χ0v) is 22.1. The average Bonchev–Trinajstić information content (AvgIpc) is 3.35. The molecule has 9 nitrogen and oxygen atoms in total. The van der Waals surface area contributed by atoms with Gasteiger partial charge in [-0.1, -0.05) is 55.4 Å². The van der Waals surface area contributed by atoms with Crippen LogP contribution in [-0.2, 0) is 20.7 Å². The van der Waals surface area contributed by atoms with Crippen molar-refractivity contribution < 1.29 is 18.8 Å². The van der Waals surface area contributed by atoms with Crippen LogP contribution in [0.4, 0.5) is 5.82 Å². The zero-order valence-electron chi connectivity index (χ0n) is 22.1. The van der Waals surface area contributed by atoms with Crippen LogP contribution in [0.1, 0.15) is 39.4 Å². The lowest BCUT2D eigenvalue weighted by Crippen LogP contribution is -2.49. The lowest BCUT2D eigenvalue weighted by Gasteiger charge is -2.35. The van der Waals surface area contributed by atoms with Crippen molar-refractivity contribution in [2.24, 2.45) is 5.92 Å². The first-order valence-corrected chi connectivity index (χ1v) is 13.3. The highest BCUT2D eigenvalue weighted by Crippen LogP contribution is 2.35. The molecule has 1 aliphatic rings. The first-order chi connectivity index (χ1) is 18.4. The van der Waals surface area contributed by atoms with Crippen molar-refractivity contribution in [3.05, 3.63) is 48.3 Å². The topological polar surface area (TPSA) is 102 Å². The summed E-state index contributed by atoms with van der Waals surface area (Å²) in [5.41, 5.74) is 2.13. The predicted molar refractivity (Wildman–Crippen MR) is 146 cm³/mol. The monoisotopic (exact) mass is 515 g/mol. The molecule has 0 N–H and O–H groups in total. The molecule has 9 heteroatoms. The number of nitrogens with zero attached hydrogens (tertiary/aromatic N) is 5. The molecule has 198 valence electrons. The van der Waals surface area contributed by atoms with Crippen LogP contribution in [0.5, 0.6) is 0 Å². The van der Waals surface area contributed by atoms with E-state index in [2.05, 4.69) is 48.2 Å². The van der Waals surface area contributed by atoms with Gasteiger partial charge in [-0.2, -0.15) is 4.98 Å². The Bertz CT molecular complexity index is 1460. The van der Waals surface area contributed by atoms with E-state index in [4.69, 9.17) is 19.2 Å². The summed E-state index contributed by atoms with van der Waals surface area (Å²) in [4.78, 5) is 38.0. The van der Waals surface area contributed by atoms with Gasteiger partial charge in [-0.05, 0) is 29.7 Å². The van der Waals surface area contributed by atoms with Crippen LogP contribution in [-0.4, -0.2) is 64.7 Å². The van der Waals surface area contributed by atoms with Crippen LogP contribution >= 0.6 is 0 Å². The van der Waals surface area contributed by atoms with Gasteiger partial charge in [0.15, 0.2) is 0 Å². The molecule has 0 radical (unpaired) electrons. The summed E-state index contributed by atoms with van der Waals surface area (Å²) in [7, 11) is 0. The number of fused-ring (bicyclic) bond motifs is 2. The van der Waals surface area contributed by atoms with Crippen molar-refractivity contribution in [3.8, 4) is 11.3 Å². The molecule has 38 heavy (non-hydrogen) atoms. The summed E-state index contributed by atoms with van der Waals surface area (Å²) in [6.45, 7) is 8.66. The molecule has 2 aromatic carbocycles. The molecule has 1 amide bonds. The molecule has 1 aliphatic heterocycles. The minimum absolute atomic E-state index is 0.0344. The maximum absolute atomic E-state index is 12.7. The van der Waals surface area contributed by atoms with Crippen LogP contribution in [0.3, 0.4) is 0 Å². The van der Waals surface area contributed by atoms with E-state index in [9.17, 15) is 9.59 Å². The van der Waals surface area contributed by atoms with Gasteiger partial charge in [-0.25, -0.2) is 4.98 Å². The average molecular weight is 516 g/mol. The number of carbonyl (C=O) groups is 2. The normalized spacial score (nSPS) is 14.0. The summed E-state index contributed by atoms with van der Waals surface area (Å²) in [6, 6.07) is 14.4. The Morgan fingerprint density at radius 1 is 1.00 bits per heavy atom. The predicted octanol–water partition coefficient (Wildman–Crippen LogP) is 4.63. The number of hydrogen-bond acceptors (Lipinski definition) is 8. The van der Waals surface area contributed by atoms with Gasteiger partial charge in [0.1, 0.15) is 22.7 Å². The maximum atomic E-state index is 12.7. The van der Waals surface area contributed by atoms with Crippen molar-refractivity contribution in [3.63, 3.8) is 0 Å². The van der Waals surface area contributed by atoms with Gasteiger partial charge >= 0.3 is 5.97 Å². The third-order valence-corrected chi connectivity index (χ3v) is 6.76. The van der Waals surface area contributed by atoms with Gasteiger partial charge in [-0.3, -0.25) is 9.59 Å². The summed E-state index contributed by atoms with van der Waals surface area (Å²) in [5, 5.41) is 7.50. The van der Waals surface area contributed by atoms with E-state index in [0.717, 1.165) is 39.8 Å². The van der Waals surface area contributed by atoms with Gasteiger partial charge in [0.2, 0.25) is 5.91 Å². The molecular formula is C29H33N5O4. The fourth-order valence-electron chi connectivity index (χ4n) is 4.87. The van der Waals surface area contributed by atoms with Gasteiger partial charge < -0.3 is 19.1 Å². The Labute approximate surface area is 221 Å². The molecule has 0 bridgehead atoms. The molecule has 0 unspecified atom stereocenters. The molecule has 4 aromatic rings. The van der Waals surface area contributed by atoms with E-state index in [1.165, 1.54) is 0 Å². The van der Waals surface area contributed by atoms with Crippen molar-refractivity contribution in [2.75, 3.05) is 37.7 Å². The van der Waals surface area contributed by atoms with E-state index in [1.807, 2.05) is 18.2 Å². The number of piperazine rings is 1. The molecule has 0 spiro atoms. The third-order valence-electron chi connectivity index (χ3n) is 6.76. The van der Waals surface area contributed by atoms with Crippen LogP contribution < -0.4 is 4.90 Å². The summed E-state index contributed by atoms with van der Waals surface area (Å²) in [6.07, 6.45) is 0.988. The van der Waals surface area contributed by atoms with Crippen molar-refractivity contribution in [1.82, 2.24) is 20.0 Å². The molecule has 2 aromatic heterocycles. The SMILES string of the molecule is CCOC(=O)CCC(=O)N1CCN(c2nc(CC(C)C)nc3onc(-c4ccc5ccccc5c4)c23)CC1. The fourth-order valence-corrected chi connectivity index (χ4v) is 4.87. The quantitative estimate of drug-likeness (QED) is 0.313. The highest BCUT2D eigenvalue weighted by atomic mass is 16.5. The Hall–Kier alpha value is -4.01. The molecular weight excluding hydrogens is 482 g/mol. The Kier molecular flexibility index (Phi) is 7.53. The molecule has 0 atom stereocenters. The van der Waals surface area contributed by atoms with Crippen LogP contribution in [0.15, 0.2) is 47.0 Å². The largest absolute Gasteiger partial charge is 0.466 e. The maximum Gasteiger partial charge on any atom is 0.306 e. The van der Waals surface area contributed by atoms with E-state index in [0.29, 0.717) is 50.1 Å². The highest BCUT2D eigenvalue weighted by Gasteiger charge is 2.27. The number of hydrogen-bond donors (Lipinski definition) is 0. The molecule has 0 saturated carbocycles. The number of amides is 1. The third kappa shape index (κ3) is 5.46. The number of rotatable bonds is 8.